The summed E-state index contributed by atoms with van der Waals surface area (Å²) in [6, 6.07) is 8.38. The predicted octanol–water partition coefficient (Wildman–Crippen LogP) is 3.52. The summed E-state index contributed by atoms with van der Waals surface area (Å²) in [5.41, 5.74) is 2.12. The first-order valence-electron chi connectivity index (χ1n) is 6.70. The quantitative estimate of drug-likeness (QED) is 0.876. The molecule has 0 aliphatic heterocycles. The second-order valence-corrected chi connectivity index (χ2v) is 5.81. The van der Waals surface area contributed by atoms with E-state index in [-0.39, 0.29) is 0 Å². The van der Waals surface area contributed by atoms with Crippen LogP contribution in [0.2, 0.25) is 0 Å². The largest absolute Gasteiger partial charge is 0.487 e. The standard InChI is InChI=1S/C15H20BrN3O/c1-11(2)19-7-6-13(18-19)10-20-14-4-5-15(16)12(8-14)9-17-3/h4-8,11,17H,9-10H2,1-3H3. The summed E-state index contributed by atoms with van der Waals surface area (Å²) in [5.74, 6) is 0.859. The predicted molar refractivity (Wildman–Crippen MR) is 83.8 cm³/mol. The van der Waals surface area contributed by atoms with Crippen molar-refractivity contribution in [3.8, 4) is 5.75 Å². The Morgan fingerprint density at radius 1 is 1.35 bits per heavy atom. The number of benzene rings is 1. The summed E-state index contributed by atoms with van der Waals surface area (Å²) in [6.07, 6.45) is 1.98. The lowest BCUT2D eigenvalue weighted by Crippen LogP contribution is -2.06. The lowest BCUT2D eigenvalue weighted by Gasteiger charge is -2.09. The minimum absolute atomic E-state index is 0.374. The third-order valence-electron chi connectivity index (χ3n) is 2.96. The number of nitrogens with zero attached hydrogens (tertiary/aromatic N) is 2. The first kappa shape index (κ1) is 15.1. The molecular formula is C15H20BrN3O. The molecule has 0 amide bonds. The van der Waals surface area contributed by atoms with E-state index in [2.05, 4.69) is 40.2 Å². The number of rotatable bonds is 6. The summed E-state index contributed by atoms with van der Waals surface area (Å²) in [7, 11) is 1.93. The van der Waals surface area contributed by atoms with E-state index in [1.54, 1.807) is 0 Å². The van der Waals surface area contributed by atoms with Crippen molar-refractivity contribution in [2.75, 3.05) is 7.05 Å². The Labute approximate surface area is 128 Å². The van der Waals surface area contributed by atoms with Gasteiger partial charge in [-0.05, 0) is 50.7 Å². The van der Waals surface area contributed by atoms with Crippen LogP contribution in [-0.2, 0) is 13.2 Å². The van der Waals surface area contributed by atoms with Crippen LogP contribution in [0.25, 0.3) is 0 Å². The van der Waals surface area contributed by atoms with Crippen LogP contribution in [0.1, 0.15) is 31.1 Å². The average Bonchev–Trinajstić information content (AvgIpc) is 2.89. The Bertz CT molecular complexity index is 566. The molecule has 2 aromatic rings. The molecule has 0 bridgehead atoms. The number of hydrogen-bond acceptors (Lipinski definition) is 3. The van der Waals surface area contributed by atoms with E-state index >= 15 is 0 Å². The molecule has 1 aromatic heterocycles. The monoisotopic (exact) mass is 337 g/mol. The van der Waals surface area contributed by atoms with Crippen LogP contribution in [0, 0.1) is 0 Å². The van der Waals surface area contributed by atoms with Crippen molar-refractivity contribution in [2.24, 2.45) is 0 Å². The highest BCUT2D eigenvalue weighted by molar-refractivity contribution is 9.10. The van der Waals surface area contributed by atoms with Crippen LogP contribution in [0.15, 0.2) is 34.9 Å². The molecule has 5 heteroatoms. The molecule has 4 nitrogen and oxygen atoms in total. The second kappa shape index (κ2) is 6.90. The Morgan fingerprint density at radius 3 is 2.80 bits per heavy atom. The molecular weight excluding hydrogens is 318 g/mol. The van der Waals surface area contributed by atoms with Gasteiger partial charge >= 0.3 is 0 Å². The zero-order valence-corrected chi connectivity index (χ0v) is 13.6. The van der Waals surface area contributed by atoms with E-state index < -0.39 is 0 Å². The van der Waals surface area contributed by atoms with Gasteiger partial charge < -0.3 is 10.1 Å². The van der Waals surface area contributed by atoms with Crippen LogP contribution < -0.4 is 10.1 Å². The van der Waals surface area contributed by atoms with Crippen LogP contribution >= 0.6 is 15.9 Å². The van der Waals surface area contributed by atoms with Gasteiger partial charge in [-0.1, -0.05) is 15.9 Å². The lowest BCUT2D eigenvalue weighted by molar-refractivity contribution is 0.298. The first-order valence-corrected chi connectivity index (χ1v) is 7.49. The Morgan fingerprint density at radius 2 is 2.15 bits per heavy atom. The summed E-state index contributed by atoms with van der Waals surface area (Å²) in [4.78, 5) is 0. The molecule has 2 rings (SSSR count). The first-order chi connectivity index (χ1) is 9.60. The Hall–Kier alpha value is -1.33. The van der Waals surface area contributed by atoms with Crippen molar-refractivity contribution in [2.45, 2.75) is 33.0 Å². The number of halogens is 1. The molecule has 20 heavy (non-hydrogen) atoms. The van der Waals surface area contributed by atoms with E-state index in [9.17, 15) is 0 Å². The van der Waals surface area contributed by atoms with E-state index in [1.165, 1.54) is 5.56 Å². The fraction of sp³-hybridized carbons (Fsp3) is 0.400. The van der Waals surface area contributed by atoms with E-state index in [1.807, 2.05) is 42.2 Å². The number of aromatic nitrogens is 2. The molecule has 0 radical (unpaired) electrons. The van der Waals surface area contributed by atoms with Gasteiger partial charge in [0.1, 0.15) is 12.4 Å². The summed E-state index contributed by atoms with van der Waals surface area (Å²) in [6.45, 7) is 5.51. The summed E-state index contributed by atoms with van der Waals surface area (Å²) >= 11 is 3.54. The van der Waals surface area contributed by atoms with Crippen molar-refractivity contribution >= 4 is 15.9 Å². The maximum absolute atomic E-state index is 5.80. The fourth-order valence-electron chi connectivity index (χ4n) is 1.87. The molecule has 0 aliphatic carbocycles. The highest BCUT2D eigenvalue weighted by atomic mass is 79.9. The molecule has 0 saturated heterocycles. The van der Waals surface area contributed by atoms with Gasteiger partial charge in [-0.15, -0.1) is 0 Å². The molecule has 0 atom stereocenters. The normalized spacial score (nSPS) is 11.1. The second-order valence-electron chi connectivity index (χ2n) is 4.95. The third kappa shape index (κ3) is 3.84. The van der Waals surface area contributed by atoms with Crippen LogP contribution in [-0.4, -0.2) is 16.8 Å². The van der Waals surface area contributed by atoms with Crippen LogP contribution in [0.3, 0.4) is 0 Å². The highest BCUT2D eigenvalue weighted by Crippen LogP contribution is 2.23. The molecule has 1 aromatic carbocycles. The molecule has 0 saturated carbocycles. The van der Waals surface area contributed by atoms with E-state index in [4.69, 9.17) is 4.74 Å². The third-order valence-corrected chi connectivity index (χ3v) is 3.74. The number of nitrogens with one attached hydrogen (secondary N) is 1. The molecule has 108 valence electrons. The molecule has 0 aliphatic rings. The minimum Gasteiger partial charge on any atom is -0.487 e. The number of ether oxygens (including phenoxy) is 1. The van der Waals surface area contributed by atoms with Crippen LogP contribution in [0.5, 0.6) is 5.75 Å². The average molecular weight is 338 g/mol. The Balaban J connectivity index is 2.01. The minimum atomic E-state index is 0.374. The maximum atomic E-state index is 5.80. The van der Waals surface area contributed by atoms with Gasteiger partial charge in [-0.2, -0.15) is 5.10 Å². The number of hydrogen-bond donors (Lipinski definition) is 1. The van der Waals surface area contributed by atoms with Crippen LogP contribution in [0.4, 0.5) is 0 Å². The van der Waals surface area contributed by atoms with Gasteiger partial charge in [-0.25, -0.2) is 0 Å². The molecule has 0 fully saturated rings. The van der Waals surface area contributed by atoms with E-state index in [0.29, 0.717) is 12.6 Å². The van der Waals surface area contributed by atoms with Gasteiger partial charge in [0.25, 0.3) is 0 Å². The van der Waals surface area contributed by atoms with Gasteiger partial charge in [0.15, 0.2) is 0 Å². The van der Waals surface area contributed by atoms with Gasteiger partial charge in [0.05, 0.1) is 5.69 Å². The lowest BCUT2D eigenvalue weighted by atomic mass is 10.2. The van der Waals surface area contributed by atoms with Gasteiger partial charge in [-0.3, -0.25) is 4.68 Å². The van der Waals surface area contributed by atoms with Gasteiger partial charge in [0, 0.05) is 23.3 Å². The molecule has 0 spiro atoms. The zero-order valence-electron chi connectivity index (χ0n) is 12.1. The molecule has 1 N–H and O–H groups in total. The highest BCUT2D eigenvalue weighted by Gasteiger charge is 2.05. The summed E-state index contributed by atoms with van der Waals surface area (Å²) < 4.78 is 8.83. The molecule has 0 unspecified atom stereocenters. The topological polar surface area (TPSA) is 39.1 Å². The van der Waals surface area contributed by atoms with Gasteiger partial charge in [0.2, 0.25) is 0 Å². The Kier molecular flexibility index (Phi) is 5.20. The fourth-order valence-corrected chi connectivity index (χ4v) is 2.25. The maximum Gasteiger partial charge on any atom is 0.132 e. The smallest absolute Gasteiger partial charge is 0.132 e. The zero-order chi connectivity index (χ0) is 14.5. The van der Waals surface area contributed by atoms with Crippen molar-refractivity contribution < 1.29 is 4.74 Å². The van der Waals surface area contributed by atoms with Crippen molar-refractivity contribution in [1.82, 2.24) is 15.1 Å². The molecule has 1 heterocycles. The summed E-state index contributed by atoms with van der Waals surface area (Å²) in [5, 5.41) is 7.61. The SMILES string of the molecule is CNCc1cc(OCc2ccn(C(C)C)n2)ccc1Br. The van der Waals surface area contributed by atoms with Crippen molar-refractivity contribution in [1.29, 1.82) is 0 Å². The van der Waals surface area contributed by atoms with Crippen molar-refractivity contribution in [3.63, 3.8) is 0 Å². The van der Waals surface area contributed by atoms with Crippen molar-refractivity contribution in [3.05, 3.63) is 46.2 Å². The van der Waals surface area contributed by atoms with E-state index in [0.717, 1.165) is 22.5 Å².